The van der Waals surface area contributed by atoms with Crippen LogP contribution < -0.4 is 15.4 Å². The summed E-state index contributed by atoms with van der Waals surface area (Å²) in [6.07, 6.45) is 0. The molecule has 0 fully saturated rings. The van der Waals surface area contributed by atoms with Crippen molar-refractivity contribution in [3.8, 4) is 6.01 Å². The molecule has 112 valence electrons. The van der Waals surface area contributed by atoms with Crippen LogP contribution in [0, 0.1) is 9.39 Å². The summed E-state index contributed by atoms with van der Waals surface area (Å²) in [5.74, 6) is 0.480. The topological polar surface area (TPSA) is 72.0 Å². The molecule has 0 unspecified atom stereocenters. The molecule has 1 aromatic carbocycles. The largest absolute Gasteiger partial charge is 0.464 e. The van der Waals surface area contributed by atoms with Gasteiger partial charge in [-0.2, -0.15) is 15.0 Å². The van der Waals surface area contributed by atoms with Gasteiger partial charge in [0.1, 0.15) is 5.82 Å². The lowest BCUT2D eigenvalue weighted by molar-refractivity contribution is 0.312. The van der Waals surface area contributed by atoms with E-state index in [0.717, 1.165) is 3.57 Å². The Bertz CT molecular complexity index is 601. The Hall–Kier alpha value is -1.71. The highest BCUT2D eigenvalue weighted by molar-refractivity contribution is 14.1. The Kier molecular flexibility index (Phi) is 5.48. The van der Waals surface area contributed by atoms with E-state index in [1.807, 2.05) is 36.4 Å². The number of hydrogen-bond donors (Lipinski definition) is 2. The van der Waals surface area contributed by atoms with Crippen LogP contribution in [0.3, 0.4) is 0 Å². The zero-order chi connectivity index (χ0) is 15.2. The van der Waals surface area contributed by atoms with Crippen molar-refractivity contribution in [2.75, 3.05) is 23.8 Å². The third-order valence-electron chi connectivity index (χ3n) is 2.40. The lowest BCUT2D eigenvalue weighted by Gasteiger charge is -2.10. The second-order valence-corrected chi connectivity index (χ2v) is 5.14. The van der Waals surface area contributed by atoms with Gasteiger partial charge in [0.2, 0.25) is 11.9 Å². The highest BCUT2D eigenvalue weighted by atomic mass is 127. The van der Waals surface area contributed by atoms with Crippen LogP contribution >= 0.6 is 22.6 Å². The van der Waals surface area contributed by atoms with Crippen LogP contribution in [-0.4, -0.2) is 28.1 Å². The van der Waals surface area contributed by atoms with Gasteiger partial charge in [0, 0.05) is 10.1 Å². The second kappa shape index (κ2) is 7.34. The number of nitrogens with zero attached hydrogens (tertiary/aromatic N) is 3. The molecule has 0 radical (unpaired) electrons. The first-order valence-corrected chi connectivity index (χ1v) is 7.55. The molecule has 21 heavy (non-hydrogen) atoms. The van der Waals surface area contributed by atoms with Gasteiger partial charge in [-0.3, -0.25) is 0 Å². The number of hydrogen-bond acceptors (Lipinski definition) is 6. The number of benzene rings is 1. The fraction of sp³-hybridized carbons (Fsp3) is 0.308. The minimum atomic E-state index is -0.288. The molecular weight excluding hydrogens is 388 g/mol. The maximum Gasteiger partial charge on any atom is 0.323 e. The molecule has 1 aromatic heterocycles. The van der Waals surface area contributed by atoms with E-state index in [-0.39, 0.29) is 11.8 Å². The minimum absolute atomic E-state index is 0.239. The lowest BCUT2D eigenvalue weighted by Crippen LogP contribution is -2.09. The van der Waals surface area contributed by atoms with E-state index in [9.17, 15) is 4.39 Å². The summed E-state index contributed by atoms with van der Waals surface area (Å²) >= 11 is 2.04. The summed E-state index contributed by atoms with van der Waals surface area (Å²) in [4.78, 5) is 12.5. The lowest BCUT2D eigenvalue weighted by atomic mass is 10.3. The van der Waals surface area contributed by atoms with Crippen LogP contribution in [0.4, 0.5) is 22.0 Å². The van der Waals surface area contributed by atoms with Gasteiger partial charge in [-0.25, -0.2) is 4.39 Å². The zero-order valence-corrected chi connectivity index (χ0v) is 13.8. The smallest absolute Gasteiger partial charge is 0.323 e. The van der Waals surface area contributed by atoms with Gasteiger partial charge in [0.05, 0.1) is 12.3 Å². The second-order valence-electron chi connectivity index (χ2n) is 3.98. The fourth-order valence-corrected chi connectivity index (χ4v) is 2.17. The van der Waals surface area contributed by atoms with Crippen molar-refractivity contribution >= 4 is 40.2 Å². The molecule has 0 atom stereocenters. The van der Waals surface area contributed by atoms with Crippen molar-refractivity contribution in [3.05, 3.63) is 27.6 Å². The van der Waals surface area contributed by atoms with E-state index in [1.54, 1.807) is 6.07 Å². The molecule has 0 bridgehead atoms. The number of halogens is 2. The van der Waals surface area contributed by atoms with Gasteiger partial charge in [-0.05, 0) is 54.6 Å². The molecule has 2 aromatic rings. The van der Waals surface area contributed by atoms with Crippen LogP contribution in [0.1, 0.15) is 13.8 Å². The minimum Gasteiger partial charge on any atom is -0.464 e. The number of nitrogens with one attached hydrogen (secondary N) is 2. The molecule has 0 saturated heterocycles. The normalized spacial score (nSPS) is 10.3. The maximum atomic E-state index is 13.1. The number of aromatic nitrogens is 3. The van der Waals surface area contributed by atoms with Crippen molar-refractivity contribution < 1.29 is 9.13 Å². The van der Waals surface area contributed by atoms with Gasteiger partial charge >= 0.3 is 6.01 Å². The molecular formula is C13H15FIN5O. The molecule has 2 rings (SSSR count). The predicted octanol–water partition coefficient (Wildman–Crippen LogP) is 3.19. The molecule has 6 nitrogen and oxygen atoms in total. The van der Waals surface area contributed by atoms with Crippen LogP contribution in [-0.2, 0) is 0 Å². The Morgan fingerprint density at radius 3 is 2.62 bits per heavy atom. The first kappa shape index (κ1) is 15.7. The van der Waals surface area contributed by atoms with Crippen molar-refractivity contribution in [1.82, 2.24) is 15.0 Å². The van der Waals surface area contributed by atoms with Gasteiger partial charge < -0.3 is 15.4 Å². The summed E-state index contributed by atoms with van der Waals surface area (Å²) in [5, 5.41) is 6.05. The molecule has 0 amide bonds. The highest BCUT2D eigenvalue weighted by Gasteiger charge is 2.09. The number of rotatable bonds is 6. The highest BCUT2D eigenvalue weighted by Crippen LogP contribution is 2.23. The summed E-state index contributed by atoms with van der Waals surface area (Å²) in [6.45, 7) is 4.94. The van der Waals surface area contributed by atoms with E-state index < -0.39 is 0 Å². The predicted molar refractivity (Wildman–Crippen MR) is 87.6 cm³/mol. The standard InChI is InChI=1S/C13H15FIN5O/c1-3-16-11-18-12(20-13(19-11)21-4-2)17-10-6-5-8(14)7-9(10)15/h5-7H,3-4H2,1-2H3,(H2,16,17,18,19,20). The van der Waals surface area contributed by atoms with Crippen molar-refractivity contribution in [3.63, 3.8) is 0 Å². The van der Waals surface area contributed by atoms with Crippen LogP contribution in [0.2, 0.25) is 0 Å². The van der Waals surface area contributed by atoms with Crippen molar-refractivity contribution in [2.24, 2.45) is 0 Å². The first-order valence-electron chi connectivity index (χ1n) is 6.47. The van der Waals surface area contributed by atoms with E-state index in [0.29, 0.717) is 30.7 Å². The van der Waals surface area contributed by atoms with E-state index in [2.05, 4.69) is 25.6 Å². The molecule has 0 aliphatic heterocycles. The summed E-state index contributed by atoms with van der Waals surface area (Å²) < 4.78 is 19.2. The van der Waals surface area contributed by atoms with Gasteiger partial charge in [0.25, 0.3) is 0 Å². The van der Waals surface area contributed by atoms with Crippen molar-refractivity contribution in [2.45, 2.75) is 13.8 Å². The van der Waals surface area contributed by atoms with Gasteiger partial charge in [-0.1, -0.05) is 0 Å². The molecule has 0 aliphatic carbocycles. The van der Waals surface area contributed by atoms with Crippen LogP contribution in [0.25, 0.3) is 0 Å². The first-order chi connectivity index (χ1) is 10.1. The molecule has 0 spiro atoms. The fourth-order valence-electron chi connectivity index (χ4n) is 1.55. The molecule has 8 heteroatoms. The van der Waals surface area contributed by atoms with Crippen LogP contribution in [0.15, 0.2) is 18.2 Å². The Balaban J connectivity index is 2.29. The van der Waals surface area contributed by atoms with Crippen molar-refractivity contribution in [1.29, 1.82) is 0 Å². The SMILES string of the molecule is CCNc1nc(Nc2ccc(F)cc2I)nc(OCC)n1. The summed E-state index contributed by atoms with van der Waals surface area (Å²) in [5.41, 5.74) is 0.716. The molecule has 0 saturated carbocycles. The van der Waals surface area contributed by atoms with E-state index >= 15 is 0 Å². The van der Waals surface area contributed by atoms with Gasteiger partial charge in [0.15, 0.2) is 0 Å². The number of anilines is 3. The molecule has 1 heterocycles. The third-order valence-corrected chi connectivity index (χ3v) is 3.29. The monoisotopic (exact) mass is 403 g/mol. The summed E-state index contributed by atoms with van der Waals surface area (Å²) in [7, 11) is 0. The Morgan fingerprint density at radius 1 is 1.19 bits per heavy atom. The zero-order valence-electron chi connectivity index (χ0n) is 11.7. The Labute approximate surface area is 135 Å². The maximum absolute atomic E-state index is 13.1. The third kappa shape index (κ3) is 4.38. The van der Waals surface area contributed by atoms with Crippen LogP contribution in [0.5, 0.6) is 6.01 Å². The van der Waals surface area contributed by atoms with E-state index in [4.69, 9.17) is 4.74 Å². The quantitative estimate of drug-likeness (QED) is 0.722. The van der Waals surface area contributed by atoms with Gasteiger partial charge in [-0.15, -0.1) is 0 Å². The molecule has 2 N–H and O–H groups in total. The average Bonchev–Trinajstić information content (AvgIpc) is 2.42. The molecule has 0 aliphatic rings. The Morgan fingerprint density at radius 2 is 1.95 bits per heavy atom. The summed E-state index contributed by atoms with van der Waals surface area (Å²) in [6, 6.07) is 4.68. The average molecular weight is 403 g/mol. The number of ether oxygens (including phenoxy) is 1. The van der Waals surface area contributed by atoms with E-state index in [1.165, 1.54) is 12.1 Å².